The Morgan fingerprint density at radius 1 is 1.25 bits per heavy atom. The molecule has 1 aromatic heterocycles. The number of anilines is 2. The Balaban J connectivity index is 1.70. The lowest BCUT2D eigenvalue weighted by atomic mass is 9.95. The number of thiophene rings is 1. The number of esters is 1. The van der Waals surface area contributed by atoms with Gasteiger partial charge in [0.15, 0.2) is 0 Å². The van der Waals surface area contributed by atoms with E-state index in [1.54, 1.807) is 25.1 Å². The summed E-state index contributed by atoms with van der Waals surface area (Å²) in [6.07, 6.45) is 5.30. The third kappa shape index (κ3) is 5.44. The molecule has 1 N–H and O–H groups in total. The van der Waals surface area contributed by atoms with Crippen LogP contribution in [0.5, 0.6) is 0 Å². The van der Waals surface area contributed by atoms with Crippen molar-refractivity contribution in [3.63, 3.8) is 0 Å². The SMILES string of the molecule is COC(=O)c1c(NC(=O)CCCN(c2cccc(Cl)c2C)S(C)(=O)=O)sc2c1CCCC2. The number of amides is 1. The van der Waals surface area contributed by atoms with Crippen LogP contribution in [0.15, 0.2) is 18.2 Å². The van der Waals surface area contributed by atoms with Crippen molar-refractivity contribution < 1.29 is 22.7 Å². The first-order valence-corrected chi connectivity index (χ1v) is 13.4. The lowest BCUT2D eigenvalue weighted by molar-refractivity contribution is -0.116. The van der Waals surface area contributed by atoms with Crippen molar-refractivity contribution in [1.29, 1.82) is 0 Å². The van der Waals surface area contributed by atoms with Crippen LogP contribution >= 0.6 is 22.9 Å². The van der Waals surface area contributed by atoms with Crippen molar-refractivity contribution in [3.05, 3.63) is 44.8 Å². The highest BCUT2D eigenvalue weighted by Gasteiger charge is 2.27. The van der Waals surface area contributed by atoms with Gasteiger partial charge in [0.2, 0.25) is 15.9 Å². The minimum atomic E-state index is -3.55. The van der Waals surface area contributed by atoms with Gasteiger partial charge < -0.3 is 10.1 Å². The van der Waals surface area contributed by atoms with E-state index in [2.05, 4.69) is 5.32 Å². The molecular weight excluding hydrogens is 472 g/mol. The Bertz CT molecular complexity index is 1130. The van der Waals surface area contributed by atoms with E-state index in [4.69, 9.17) is 16.3 Å². The van der Waals surface area contributed by atoms with Crippen molar-refractivity contribution in [2.45, 2.75) is 45.4 Å². The third-order valence-corrected chi connectivity index (χ3v) is 8.28. The normalized spacial score (nSPS) is 13.4. The first kappa shape index (κ1) is 24.5. The first-order valence-electron chi connectivity index (χ1n) is 10.4. The number of sulfonamides is 1. The average Bonchev–Trinajstić information content (AvgIpc) is 3.10. The van der Waals surface area contributed by atoms with Crippen LogP contribution in [0.2, 0.25) is 5.02 Å². The fourth-order valence-electron chi connectivity index (χ4n) is 3.88. The van der Waals surface area contributed by atoms with E-state index in [0.717, 1.165) is 42.4 Å². The molecule has 0 aliphatic heterocycles. The van der Waals surface area contributed by atoms with Gasteiger partial charge in [-0.15, -0.1) is 11.3 Å². The second kappa shape index (κ2) is 10.2. The molecule has 7 nitrogen and oxygen atoms in total. The number of carbonyl (C=O) groups is 2. The number of carbonyl (C=O) groups excluding carboxylic acids is 2. The van der Waals surface area contributed by atoms with E-state index in [9.17, 15) is 18.0 Å². The van der Waals surface area contributed by atoms with Gasteiger partial charge in [0.05, 0.1) is 24.6 Å². The molecule has 0 fully saturated rings. The molecule has 174 valence electrons. The van der Waals surface area contributed by atoms with E-state index in [1.807, 2.05) is 0 Å². The smallest absolute Gasteiger partial charge is 0.341 e. The van der Waals surface area contributed by atoms with E-state index >= 15 is 0 Å². The van der Waals surface area contributed by atoms with Crippen LogP contribution < -0.4 is 9.62 Å². The van der Waals surface area contributed by atoms with Gasteiger partial charge >= 0.3 is 5.97 Å². The molecule has 1 aliphatic carbocycles. The lowest BCUT2D eigenvalue weighted by Crippen LogP contribution is -2.32. The third-order valence-electron chi connectivity index (χ3n) is 5.49. The zero-order chi connectivity index (χ0) is 23.5. The van der Waals surface area contributed by atoms with Crippen LogP contribution in [0.25, 0.3) is 0 Å². The van der Waals surface area contributed by atoms with Gasteiger partial charge in [0.1, 0.15) is 5.00 Å². The Kier molecular flexibility index (Phi) is 7.84. The fourth-order valence-corrected chi connectivity index (χ4v) is 6.35. The minimum Gasteiger partial charge on any atom is -0.465 e. The molecule has 2 aromatic rings. The molecule has 0 spiro atoms. The maximum Gasteiger partial charge on any atom is 0.341 e. The summed E-state index contributed by atoms with van der Waals surface area (Å²) in [4.78, 5) is 26.1. The van der Waals surface area contributed by atoms with Crippen molar-refractivity contribution in [2.75, 3.05) is 29.5 Å². The van der Waals surface area contributed by atoms with Gasteiger partial charge in [-0.1, -0.05) is 17.7 Å². The van der Waals surface area contributed by atoms with Gasteiger partial charge in [-0.25, -0.2) is 13.2 Å². The molecule has 0 radical (unpaired) electrons. The molecule has 0 bridgehead atoms. The molecule has 1 aliphatic rings. The van der Waals surface area contributed by atoms with Crippen LogP contribution in [0.1, 0.15) is 52.0 Å². The summed E-state index contributed by atoms with van der Waals surface area (Å²) in [7, 11) is -2.22. The number of nitrogens with zero attached hydrogens (tertiary/aromatic N) is 1. The zero-order valence-corrected chi connectivity index (χ0v) is 20.8. The second-order valence-corrected chi connectivity index (χ2v) is 11.2. The van der Waals surface area contributed by atoms with Gasteiger partial charge in [-0.2, -0.15) is 0 Å². The molecule has 32 heavy (non-hydrogen) atoms. The average molecular weight is 499 g/mol. The molecule has 0 saturated carbocycles. The Morgan fingerprint density at radius 3 is 2.66 bits per heavy atom. The predicted octanol–water partition coefficient (Wildman–Crippen LogP) is 4.56. The number of hydrogen-bond acceptors (Lipinski definition) is 6. The van der Waals surface area contributed by atoms with Crippen molar-refractivity contribution in [3.8, 4) is 0 Å². The molecule has 0 saturated heterocycles. The molecule has 10 heteroatoms. The molecule has 1 aromatic carbocycles. The number of hydrogen-bond donors (Lipinski definition) is 1. The molecule has 1 heterocycles. The van der Waals surface area contributed by atoms with Gasteiger partial charge in [0, 0.05) is 22.9 Å². The van der Waals surface area contributed by atoms with Crippen molar-refractivity contribution in [1.82, 2.24) is 0 Å². The number of methoxy groups -OCH3 is 1. The van der Waals surface area contributed by atoms with Gasteiger partial charge in [-0.05, 0) is 62.3 Å². The van der Waals surface area contributed by atoms with Crippen LogP contribution in [0.3, 0.4) is 0 Å². The lowest BCUT2D eigenvalue weighted by Gasteiger charge is -2.24. The van der Waals surface area contributed by atoms with Crippen LogP contribution in [-0.4, -0.2) is 40.2 Å². The maximum atomic E-state index is 12.6. The quantitative estimate of drug-likeness (QED) is 0.538. The maximum absolute atomic E-state index is 12.6. The first-order chi connectivity index (χ1) is 15.1. The summed E-state index contributed by atoms with van der Waals surface area (Å²) in [5.41, 5.74) is 2.59. The monoisotopic (exact) mass is 498 g/mol. The van der Waals surface area contributed by atoms with Gasteiger partial charge in [0.25, 0.3) is 0 Å². The van der Waals surface area contributed by atoms with Crippen LogP contribution in [0, 0.1) is 6.92 Å². The number of nitrogens with one attached hydrogen (secondary N) is 1. The summed E-state index contributed by atoms with van der Waals surface area (Å²) in [5.74, 6) is -0.718. The van der Waals surface area contributed by atoms with Crippen LogP contribution in [-0.2, 0) is 32.4 Å². The van der Waals surface area contributed by atoms with Crippen molar-refractivity contribution >= 4 is 55.5 Å². The molecular formula is C22H27ClN2O5S2. The fraction of sp³-hybridized carbons (Fsp3) is 0.455. The summed E-state index contributed by atoms with van der Waals surface area (Å²) in [6.45, 7) is 1.90. The number of benzene rings is 1. The minimum absolute atomic E-state index is 0.106. The number of aryl methyl sites for hydroxylation is 1. The van der Waals surface area contributed by atoms with E-state index in [-0.39, 0.29) is 18.9 Å². The summed E-state index contributed by atoms with van der Waals surface area (Å²) in [6, 6.07) is 5.09. The largest absolute Gasteiger partial charge is 0.465 e. The highest BCUT2D eigenvalue weighted by molar-refractivity contribution is 7.92. The predicted molar refractivity (Wildman–Crippen MR) is 129 cm³/mol. The Morgan fingerprint density at radius 2 is 1.97 bits per heavy atom. The van der Waals surface area contributed by atoms with Crippen molar-refractivity contribution in [2.24, 2.45) is 0 Å². The Labute approximate surface area is 197 Å². The summed E-state index contributed by atoms with van der Waals surface area (Å²) < 4.78 is 30.9. The standard InChI is InChI=1S/C22H27ClN2O5S2/c1-14-16(23)9-6-10-17(14)25(32(3,28)29)13-7-12-19(26)24-21-20(22(27)30-2)15-8-4-5-11-18(15)31-21/h6,9-10H,4-5,7-8,11-13H2,1-3H3,(H,24,26). The van der Waals surface area contributed by atoms with E-state index < -0.39 is 16.0 Å². The zero-order valence-electron chi connectivity index (χ0n) is 18.4. The summed E-state index contributed by atoms with van der Waals surface area (Å²) in [5, 5.41) is 3.84. The molecule has 0 atom stereocenters. The highest BCUT2D eigenvalue weighted by Crippen LogP contribution is 2.38. The topological polar surface area (TPSA) is 92.8 Å². The molecule has 1 amide bonds. The van der Waals surface area contributed by atoms with E-state index in [0.29, 0.717) is 33.3 Å². The number of fused-ring (bicyclic) bond motifs is 1. The van der Waals surface area contributed by atoms with Gasteiger partial charge in [-0.3, -0.25) is 9.10 Å². The molecule has 0 unspecified atom stereocenters. The van der Waals surface area contributed by atoms with E-state index in [1.165, 1.54) is 22.8 Å². The number of rotatable bonds is 8. The Hall–Kier alpha value is -2.10. The number of ether oxygens (including phenoxy) is 1. The highest BCUT2D eigenvalue weighted by atomic mass is 35.5. The molecule has 3 rings (SSSR count). The number of halogens is 1. The summed E-state index contributed by atoms with van der Waals surface area (Å²) >= 11 is 7.58. The second-order valence-electron chi connectivity index (χ2n) is 7.78. The van der Waals surface area contributed by atoms with Crippen LogP contribution in [0.4, 0.5) is 10.7 Å².